The maximum absolute atomic E-state index is 14.3. The Morgan fingerprint density at radius 3 is 1.83 bits per heavy atom. The number of hydrogen-bond donors (Lipinski definition) is 8. The normalized spacial score (nSPS) is 54.8. The molecular weight excluding hydrogens is 855 g/mol. The molecule has 8 rings (SSSR count). The molecule has 8 aliphatic rings. The molecule has 0 aromatic carbocycles. The van der Waals surface area contributed by atoms with E-state index in [9.17, 15) is 45.6 Å². The lowest BCUT2D eigenvalue weighted by atomic mass is 9.33. The van der Waals surface area contributed by atoms with Crippen LogP contribution in [0.3, 0.4) is 0 Å². The van der Waals surface area contributed by atoms with Crippen LogP contribution in [0.15, 0.2) is 11.6 Å². The molecule has 66 heavy (non-hydrogen) atoms. The minimum absolute atomic E-state index is 0.00359. The first-order valence-corrected chi connectivity index (χ1v) is 25.0. The van der Waals surface area contributed by atoms with E-state index in [1.54, 1.807) is 0 Å². The molecule has 0 bridgehead atoms. The predicted octanol–water partition coefficient (Wildman–Crippen LogP) is 2.62. The molecule has 3 saturated heterocycles. The smallest absolute Gasteiger partial charge is 0.228 e. The van der Waals surface area contributed by atoms with E-state index >= 15 is 0 Å². The predicted molar refractivity (Wildman–Crippen MR) is 239 cm³/mol. The Bertz CT molecular complexity index is 1800. The van der Waals surface area contributed by atoms with Crippen LogP contribution in [0.25, 0.3) is 0 Å². The molecule has 7 fully saturated rings. The van der Waals surface area contributed by atoms with Crippen molar-refractivity contribution in [3.63, 3.8) is 0 Å². The fraction of sp³-hybridized carbons (Fsp3) is 0.940. The number of carbonyl (C=O) groups is 1. The number of hydrogen-bond acceptors (Lipinski definition) is 15. The fourth-order valence-electron chi connectivity index (χ4n) is 15.7. The fourth-order valence-corrected chi connectivity index (χ4v) is 15.7. The van der Waals surface area contributed by atoms with Crippen molar-refractivity contribution in [2.24, 2.45) is 56.7 Å². The molecule has 5 aliphatic carbocycles. The number of ether oxygens (including phenoxy) is 6. The van der Waals surface area contributed by atoms with E-state index in [1.165, 1.54) is 19.4 Å². The number of carbonyl (C=O) groups excluding carboxylic acids is 1. The van der Waals surface area contributed by atoms with Gasteiger partial charge in [-0.05, 0) is 123 Å². The molecule has 25 atom stereocenters. The molecule has 0 radical (unpaired) electrons. The summed E-state index contributed by atoms with van der Waals surface area (Å²) < 4.78 is 37.3. The topological polar surface area (TPSA) is 238 Å². The summed E-state index contributed by atoms with van der Waals surface area (Å²) in [5.41, 5.74) is 0.585. The summed E-state index contributed by atoms with van der Waals surface area (Å²) in [6.07, 6.45) is -11.3. The summed E-state index contributed by atoms with van der Waals surface area (Å²) in [5, 5.41) is 86.9. The van der Waals surface area contributed by atoms with Gasteiger partial charge in [-0.1, -0.05) is 60.1 Å². The van der Waals surface area contributed by atoms with Crippen LogP contribution in [0, 0.1) is 56.7 Å². The SMILES string of the molecule is C[C@H]1[C@H](C)CC[C@]2(C(=O)N(C)C)CC[C@]3(C)C(=CC[C@@H]4[C@@]5(C)CC[C@@H](O[C@@H]6O[C@H](CO)[C@@H](O[C@@H]7O[C@@H](C)[C@H](O)[C@@H](O)[C@H]7O)[C@H](O)[C@H]6O[C@@H]6O[C@@H](C)[C@H](O)[C@@H](O)[C@H]6O)C(C)(C)[C@@H]5CC[C@]43C)[C@H]12. The zero-order valence-corrected chi connectivity index (χ0v) is 41.2. The first-order valence-electron chi connectivity index (χ1n) is 25.0. The zero-order chi connectivity index (χ0) is 48.4. The van der Waals surface area contributed by atoms with Gasteiger partial charge >= 0.3 is 0 Å². The highest BCUT2D eigenvalue weighted by Gasteiger charge is 2.70. The van der Waals surface area contributed by atoms with Gasteiger partial charge in [0.2, 0.25) is 5.91 Å². The Balaban J connectivity index is 1.07. The monoisotopic (exact) mass is 938 g/mol. The number of nitrogens with zero attached hydrogens (tertiary/aromatic N) is 1. The summed E-state index contributed by atoms with van der Waals surface area (Å²) in [4.78, 5) is 16.1. The van der Waals surface area contributed by atoms with Gasteiger partial charge in [0.25, 0.3) is 0 Å². The molecule has 3 aliphatic heterocycles. The first-order chi connectivity index (χ1) is 30.8. The van der Waals surface area contributed by atoms with E-state index in [1.807, 2.05) is 19.0 Å². The minimum atomic E-state index is -1.73. The third-order valence-corrected chi connectivity index (χ3v) is 20.1. The second-order valence-corrected chi connectivity index (χ2v) is 23.8. The van der Waals surface area contributed by atoms with Crippen LogP contribution in [0.2, 0.25) is 0 Å². The van der Waals surface area contributed by atoms with Gasteiger partial charge in [-0.2, -0.15) is 0 Å². The maximum atomic E-state index is 14.3. The zero-order valence-electron chi connectivity index (χ0n) is 41.2. The van der Waals surface area contributed by atoms with E-state index in [0.717, 1.165) is 51.4 Å². The van der Waals surface area contributed by atoms with E-state index in [2.05, 4.69) is 54.5 Å². The van der Waals surface area contributed by atoms with Crippen LogP contribution in [0.5, 0.6) is 0 Å². The van der Waals surface area contributed by atoms with E-state index < -0.39 is 110 Å². The van der Waals surface area contributed by atoms with Crippen molar-refractivity contribution in [2.75, 3.05) is 20.7 Å². The molecule has 0 spiro atoms. The van der Waals surface area contributed by atoms with Gasteiger partial charge in [0.1, 0.15) is 61.0 Å². The van der Waals surface area contributed by atoms with Crippen LogP contribution in [0.4, 0.5) is 0 Å². The second-order valence-electron chi connectivity index (χ2n) is 23.8. The molecule has 8 N–H and O–H groups in total. The highest BCUT2D eigenvalue weighted by molar-refractivity contribution is 5.84. The van der Waals surface area contributed by atoms with Gasteiger partial charge in [-0.3, -0.25) is 4.79 Å². The molecule has 0 aromatic rings. The van der Waals surface area contributed by atoms with Crippen molar-refractivity contribution in [1.82, 2.24) is 4.90 Å². The van der Waals surface area contributed by atoms with Crippen molar-refractivity contribution < 1.29 is 74.1 Å². The minimum Gasteiger partial charge on any atom is -0.394 e. The lowest BCUT2D eigenvalue weighted by Crippen LogP contribution is -2.68. The molecule has 16 nitrogen and oxygen atoms in total. The Kier molecular flexibility index (Phi) is 14.0. The van der Waals surface area contributed by atoms with Crippen LogP contribution >= 0.6 is 0 Å². The molecular formula is C50H83NO15. The molecule has 378 valence electrons. The third kappa shape index (κ3) is 7.72. The lowest BCUT2D eigenvalue weighted by molar-refractivity contribution is -0.393. The summed E-state index contributed by atoms with van der Waals surface area (Å²) in [5.74, 6) is 2.04. The Morgan fingerprint density at radius 1 is 0.667 bits per heavy atom. The first kappa shape index (κ1) is 51.0. The molecule has 16 heteroatoms. The van der Waals surface area contributed by atoms with Gasteiger partial charge in [0, 0.05) is 14.1 Å². The van der Waals surface area contributed by atoms with Crippen molar-refractivity contribution >= 4 is 5.91 Å². The average Bonchev–Trinajstić information content (AvgIpc) is 3.26. The van der Waals surface area contributed by atoms with Crippen molar-refractivity contribution in [3.8, 4) is 0 Å². The van der Waals surface area contributed by atoms with Gasteiger partial charge in [0.15, 0.2) is 18.9 Å². The molecule has 3 heterocycles. The molecule has 1 amide bonds. The molecule has 0 unspecified atom stereocenters. The van der Waals surface area contributed by atoms with Crippen LogP contribution in [0.1, 0.15) is 120 Å². The third-order valence-electron chi connectivity index (χ3n) is 20.1. The van der Waals surface area contributed by atoms with Gasteiger partial charge in [-0.25, -0.2) is 0 Å². The van der Waals surface area contributed by atoms with E-state index in [4.69, 9.17) is 28.4 Å². The Labute approximate surface area is 391 Å². The summed E-state index contributed by atoms with van der Waals surface area (Å²) in [6, 6.07) is 0. The summed E-state index contributed by atoms with van der Waals surface area (Å²) >= 11 is 0. The van der Waals surface area contributed by atoms with Crippen molar-refractivity contribution in [2.45, 2.75) is 218 Å². The number of aliphatic hydroxyl groups is 8. The molecule has 0 aromatic heterocycles. The van der Waals surface area contributed by atoms with Crippen molar-refractivity contribution in [3.05, 3.63) is 11.6 Å². The highest BCUT2D eigenvalue weighted by atomic mass is 16.8. The number of fused-ring (bicyclic) bond motifs is 7. The number of aliphatic hydroxyl groups excluding tert-OH is 8. The van der Waals surface area contributed by atoms with Gasteiger partial charge in [0.05, 0.1) is 30.3 Å². The quantitative estimate of drug-likeness (QED) is 0.129. The van der Waals surface area contributed by atoms with E-state index in [0.29, 0.717) is 24.2 Å². The van der Waals surface area contributed by atoms with Crippen LogP contribution in [-0.2, 0) is 33.2 Å². The Morgan fingerprint density at radius 2 is 1.26 bits per heavy atom. The molecule has 4 saturated carbocycles. The summed E-state index contributed by atoms with van der Waals surface area (Å²) in [7, 11) is 3.83. The van der Waals surface area contributed by atoms with Gasteiger partial charge in [-0.15, -0.1) is 0 Å². The Hall–Kier alpha value is -1.35. The second kappa shape index (κ2) is 18.0. The number of amides is 1. The number of allylic oxidation sites excluding steroid dienone is 2. The lowest BCUT2D eigenvalue weighted by Gasteiger charge is -2.71. The number of rotatable bonds is 8. The van der Waals surface area contributed by atoms with Crippen LogP contribution < -0.4 is 0 Å². The van der Waals surface area contributed by atoms with E-state index in [-0.39, 0.29) is 39.4 Å². The standard InChI is InChI=1S/C50H83NO15/c1-23-14-19-50(45(60)51(10)11)21-20-48(8)27(32(50)24(23)2)12-13-30-47(7)17-16-31(46(5,6)29(47)15-18-49(30,48)9)64-44-41(66-43-38(58)36(56)34(54)26(4)62-43)39(59)40(28(22-52)63-44)65-42-37(57)35(55)33(53)25(3)61-42/h12,23-26,28-44,52-59H,13-22H2,1-11H3/t23-,24+,25+,26+,28-,29+,30-,31-,32+,33+,34+,35-,36-,37-,38-,39+,40-,41-,42+,43+,44+,47+,48-,49-,50+/m1/s1. The maximum Gasteiger partial charge on any atom is 0.228 e. The van der Waals surface area contributed by atoms with Crippen molar-refractivity contribution in [1.29, 1.82) is 0 Å². The summed E-state index contributed by atoms with van der Waals surface area (Å²) in [6.45, 7) is 19.1. The largest absolute Gasteiger partial charge is 0.394 e. The average molecular weight is 938 g/mol. The highest BCUT2D eigenvalue weighted by Crippen LogP contribution is 2.76. The van der Waals surface area contributed by atoms with Crippen LogP contribution in [-0.4, -0.2) is 171 Å². The van der Waals surface area contributed by atoms with Gasteiger partial charge < -0.3 is 74.2 Å².